The summed E-state index contributed by atoms with van der Waals surface area (Å²) in [5, 5.41) is 2.66. The second-order valence-electron chi connectivity index (χ2n) is 4.66. The standard InChI is InChI=1S/C17H17F2NO4/c1-3-23-14-9-4-11(10-15(14)22-2)16(21)20-12-5-7-13(8-6-12)24-17(18)19/h4-10,17H,3H2,1-2H3,(H,20,21). The molecule has 1 amide bonds. The van der Waals surface area contributed by atoms with Crippen LogP contribution in [-0.4, -0.2) is 26.2 Å². The number of hydrogen-bond donors (Lipinski definition) is 1. The SMILES string of the molecule is CCOc1ccc(C(=O)Nc2ccc(OC(F)F)cc2)cc1OC. The Morgan fingerprint density at radius 3 is 2.42 bits per heavy atom. The van der Waals surface area contributed by atoms with Gasteiger partial charge in [0.25, 0.3) is 5.91 Å². The molecule has 1 N–H and O–H groups in total. The van der Waals surface area contributed by atoms with Crippen LogP contribution in [0.4, 0.5) is 14.5 Å². The Morgan fingerprint density at radius 2 is 1.83 bits per heavy atom. The van der Waals surface area contributed by atoms with Gasteiger partial charge in [-0.15, -0.1) is 0 Å². The Bertz CT molecular complexity index is 689. The van der Waals surface area contributed by atoms with Gasteiger partial charge in [0.15, 0.2) is 11.5 Å². The van der Waals surface area contributed by atoms with Gasteiger partial charge in [-0.2, -0.15) is 8.78 Å². The van der Waals surface area contributed by atoms with Crippen molar-refractivity contribution >= 4 is 11.6 Å². The number of methoxy groups -OCH3 is 1. The van der Waals surface area contributed by atoms with Gasteiger partial charge in [-0.25, -0.2) is 0 Å². The van der Waals surface area contributed by atoms with Gasteiger partial charge in [-0.05, 0) is 49.4 Å². The van der Waals surface area contributed by atoms with Crippen LogP contribution in [0.5, 0.6) is 17.2 Å². The quantitative estimate of drug-likeness (QED) is 0.831. The van der Waals surface area contributed by atoms with Crippen molar-refractivity contribution in [1.82, 2.24) is 0 Å². The fourth-order valence-electron chi connectivity index (χ4n) is 2.01. The van der Waals surface area contributed by atoms with Crippen LogP contribution in [-0.2, 0) is 0 Å². The second-order valence-corrected chi connectivity index (χ2v) is 4.66. The maximum absolute atomic E-state index is 12.3. The first kappa shape index (κ1) is 17.5. The summed E-state index contributed by atoms with van der Waals surface area (Å²) in [4.78, 5) is 12.3. The van der Waals surface area contributed by atoms with E-state index in [1.807, 2.05) is 6.92 Å². The highest BCUT2D eigenvalue weighted by atomic mass is 19.3. The predicted molar refractivity (Wildman–Crippen MR) is 85.2 cm³/mol. The van der Waals surface area contributed by atoms with Crippen LogP contribution >= 0.6 is 0 Å². The lowest BCUT2D eigenvalue weighted by atomic mass is 10.2. The zero-order valence-electron chi connectivity index (χ0n) is 13.2. The van der Waals surface area contributed by atoms with E-state index in [9.17, 15) is 13.6 Å². The number of hydrogen-bond acceptors (Lipinski definition) is 4. The molecule has 0 saturated carbocycles. The van der Waals surface area contributed by atoms with Crippen molar-refractivity contribution < 1.29 is 27.8 Å². The van der Waals surface area contributed by atoms with Gasteiger partial charge in [0.05, 0.1) is 13.7 Å². The van der Waals surface area contributed by atoms with Crippen molar-refractivity contribution in [2.45, 2.75) is 13.5 Å². The Balaban J connectivity index is 2.09. The van der Waals surface area contributed by atoms with Crippen molar-refractivity contribution in [3.05, 3.63) is 48.0 Å². The van der Waals surface area contributed by atoms with Crippen molar-refractivity contribution in [2.75, 3.05) is 19.0 Å². The molecule has 0 bridgehead atoms. The topological polar surface area (TPSA) is 56.8 Å². The highest BCUT2D eigenvalue weighted by molar-refractivity contribution is 6.04. The number of halogens is 2. The lowest BCUT2D eigenvalue weighted by Gasteiger charge is -2.11. The fourth-order valence-corrected chi connectivity index (χ4v) is 2.01. The number of alkyl halides is 2. The molecule has 0 aromatic heterocycles. The van der Waals surface area contributed by atoms with Crippen LogP contribution in [0.1, 0.15) is 17.3 Å². The van der Waals surface area contributed by atoms with E-state index >= 15 is 0 Å². The molecule has 0 saturated heterocycles. The molecule has 2 aromatic carbocycles. The van der Waals surface area contributed by atoms with Gasteiger partial charge >= 0.3 is 6.61 Å². The molecule has 0 heterocycles. The van der Waals surface area contributed by atoms with Gasteiger partial charge in [-0.3, -0.25) is 4.79 Å². The van der Waals surface area contributed by atoms with Gasteiger partial charge < -0.3 is 19.5 Å². The molecular weight excluding hydrogens is 320 g/mol. The number of carbonyl (C=O) groups excluding carboxylic acids is 1. The van der Waals surface area contributed by atoms with Crippen LogP contribution in [0.25, 0.3) is 0 Å². The highest BCUT2D eigenvalue weighted by Gasteiger charge is 2.12. The minimum Gasteiger partial charge on any atom is -0.493 e. The molecule has 0 atom stereocenters. The first-order chi connectivity index (χ1) is 11.5. The Hall–Kier alpha value is -2.83. The monoisotopic (exact) mass is 337 g/mol. The van der Waals surface area contributed by atoms with Crippen molar-refractivity contribution in [2.24, 2.45) is 0 Å². The molecule has 0 spiro atoms. The fraction of sp³-hybridized carbons (Fsp3) is 0.235. The van der Waals surface area contributed by atoms with Crippen LogP contribution < -0.4 is 19.5 Å². The van der Waals surface area contributed by atoms with Crippen molar-refractivity contribution in [3.8, 4) is 17.2 Å². The highest BCUT2D eigenvalue weighted by Crippen LogP contribution is 2.28. The molecule has 0 radical (unpaired) electrons. The number of carbonyl (C=O) groups is 1. The largest absolute Gasteiger partial charge is 0.493 e. The minimum absolute atomic E-state index is 0.0192. The molecule has 0 aliphatic carbocycles. The summed E-state index contributed by atoms with van der Waals surface area (Å²) in [6.07, 6.45) is 0. The molecule has 0 unspecified atom stereocenters. The van der Waals surface area contributed by atoms with E-state index in [4.69, 9.17) is 9.47 Å². The summed E-state index contributed by atoms with van der Waals surface area (Å²) in [7, 11) is 1.49. The number of anilines is 1. The molecule has 0 aliphatic rings. The Kier molecular flexibility index (Phi) is 5.95. The molecule has 2 aromatic rings. The summed E-state index contributed by atoms with van der Waals surface area (Å²) in [6, 6.07) is 10.5. The predicted octanol–water partition coefficient (Wildman–Crippen LogP) is 3.95. The first-order valence-electron chi connectivity index (χ1n) is 7.20. The van der Waals surface area contributed by atoms with Crippen molar-refractivity contribution in [1.29, 1.82) is 0 Å². The van der Waals surface area contributed by atoms with Gasteiger partial charge in [-0.1, -0.05) is 0 Å². The number of benzene rings is 2. The van der Waals surface area contributed by atoms with Crippen LogP contribution in [0.15, 0.2) is 42.5 Å². The Labute approximate surface area is 138 Å². The number of nitrogens with one attached hydrogen (secondary N) is 1. The minimum atomic E-state index is -2.89. The Morgan fingerprint density at radius 1 is 1.12 bits per heavy atom. The molecule has 5 nitrogen and oxygen atoms in total. The molecule has 128 valence electrons. The lowest BCUT2D eigenvalue weighted by Crippen LogP contribution is -2.12. The van der Waals surface area contributed by atoms with Gasteiger partial charge in [0.2, 0.25) is 0 Å². The summed E-state index contributed by atoms with van der Waals surface area (Å²) >= 11 is 0. The zero-order chi connectivity index (χ0) is 17.5. The summed E-state index contributed by atoms with van der Waals surface area (Å²) in [5.41, 5.74) is 0.831. The van der Waals surface area contributed by atoms with E-state index in [-0.39, 0.29) is 11.7 Å². The van der Waals surface area contributed by atoms with Gasteiger partial charge in [0.1, 0.15) is 5.75 Å². The molecule has 7 heteroatoms. The van der Waals surface area contributed by atoms with Crippen LogP contribution in [0, 0.1) is 0 Å². The third-order valence-corrected chi connectivity index (χ3v) is 3.06. The van der Waals surface area contributed by atoms with E-state index < -0.39 is 6.61 Å². The normalized spacial score (nSPS) is 10.4. The smallest absolute Gasteiger partial charge is 0.387 e. The average Bonchev–Trinajstić information content (AvgIpc) is 2.56. The number of rotatable bonds is 7. The van der Waals surface area contributed by atoms with E-state index in [2.05, 4.69) is 10.1 Å². The summed E-state index contributed by atoms with van der Waals surface area (Å²) < 4.78 is 39.0. The summed E-state index contributed by atoms with van der Waals surface area (Å²) in [6.45, 7) is -0.557. The number of ether oxygens (including phenoxy) is 3. The van der Waals surface area contributed by atoms with E-state index in [1.54, 1.807) is 18.2 Å². The molecule has 24 heavy (non-hydrogen) atoms. The van der Waals surface area contributed by atoms with Crippen LogP contribution in [0.2, 0.25) is 0 Å². The van der Waals surface area contributed by atoms with Crippen LogP contribution in [0.3, 0.4) is 0 Å². The lowest BCUT2D eigenvalue weighted by molar-refractivity contribution is -0.0498. The van der Waals surface area contributed by atoms with Crippen molar-refractivity contribution in [3.63, 3.8) is 0 Å². The maximum atomic E-state index is 12.3. The van der Waals surface area contributed by atoms with E-state index in [0.29, 0.717) is 29.4 Å². The average molecular weight is 337 g/mol. The molecule has 0 fully saturated rings. The van der Waals surface area contributed by atoms with E-state index in [0.717, 1.165) is 0 Å². The molecule has 2 rings (SSSR count). The molecular formula is C17H17F2NO4. The molecule has 0 aliphatic heterocycles. The van der Waals surface area contributed by atoms with E-state index in [1.165, 1.54) is 31.4 Å². The number of amides is 1. The second kappa shape index (κ2) is 8.14. The van der Waals surface area contributed by atoms with Gasteiger partial charge in [0, 0.05) is 11.3 Å². The summed E-state index contributed by atoms with van der Waals surface area (Å²) in [5.74, 6) is 0.653. The maximum Gasteiger partial charge on any atom is 0.387 e. The first-order valence-corrected chi connectivity index (χ1v) is 7.20. The third kappa shape index (κ3) is 4.58. The zero-order valence-corrected chi connectivity index (χ0v) is 13.2. The third-order valence-electron chi connectivity index (χ3n) is 3.06.